The van der Waals surface area contributed by atoms with Crippen LogP contribution in [0.5, 0.6) is 0 Å². The molecule has 4 heteroatoms. The Bertz CT molecular complexity index is 581. The van der Waals surface area contributed by atoms with Crippen LogP contribution >= 0.6 is 0 Å². The maximum Gasteiger partial charge on any atom is 0.0710 e. The summed E-state index contributed by atoms with van der Waals surface area (Å²) in [5, 5.41) is 2.42. The highest BCUT2D eigenvalue weighted by atomic mass is 16.5. The number of nitrogens with zero attached hydrogens (tertiary/aromatic N) is 2. The Kier molecular flexibility index (Phi) is 3.96. The molecular weight excluding hydrogens is 250 g/mol. The number of likely N-dealkylation sites (tertiary alicyclic amines) is 1. The maximum absolute atomic E-state index is 6.05. The van der Waals surface area contributed by atoms with Crippen LogP contribution in [0.3, 0.4) is 0 Å². The number of nitrogens with two attached hydrogens (primary N) is 1. The molecule has 1 aromatic heterocycles. The number of pyridine rings is 1. The van der Waals surface area contributed by atoms with E-state index in [4.69, 9.17) is 10.5 Å². The largest absolute Gasteiger partial charge is 0.380 e. The van der Waals surface area contributed by atoms with Gasteiger partial charge in [-0.15, -0.1) is 0 Å². The molecule has 3 rings (SSSR count). The van der Waals surface area contributed by atoms with E-state index < -0.39 is 0 Å². The van der Waals surface area contributed by atoms with Crippen LogP contribution in [0.15, 0.2) is 36.7 Å². The van der Waals surface area contributed by atoms with Crippen LogP contribution in [0.1, 0.15) is 18.0 Å². The number of aromatic nitrogens is 1. The lowest BCUT2D eigenvalue weighted by molar-refractivity contribution is 0.101. The number of rotatable bonds is 4. The fourth-order valence-corrected chi connectivity index (χ4v) is 3.11. The van der Waals surface area contributed by atoms with Gasteiger partial charge in [-0.3, -0.25) is 9.88 Å². The van der Waals surface area contributed by atoms with E-state index in [9.17, 15) is 0 Å². The van der Waals surface area contributed by atoms with Crippen molar-refractivity contribution >= 4 is 10.8 Å². The van der Waals surface area contributed by atoms with Gasteiger partial charge in [0.2, 0.25) is 0 Å². The zero-order valence-corrected chi connectivity index (χ0v) is 11.8. The third kappa shape index (κ3) is 2.42. The fourth-order valence-electron chi connectivity index (χ4n) is 3.11. The number of benzene rings is 1. The SMILES string of the molecule is COC1CCN(C(CN)c2cncc3ccccc23)C1. The predicted molar refractivity (Wildman–Crippen MR) is 80.5 cm³/mol. The molecule has 0 radical (unpaired) electrons. The van der Waals surface area contributed by atoms with Crippen molar-refractivity contribution in [2.45, 2.75) is 18.6 Å². The summed E-state index contributed by atoms with van der Waals surface area (Å²) in [4.78, 5) is 6.79. The van der Waals surface area contributed by atoms with E-state index in [1.165, 1.54) is 16.3 Å². The summed E-state index contributed by atoms with van der Waals surface area (Å²) in [6.07, 6.45) is 5.27. The van der Waals surface area contributed by atoms with Crippen molar-refractivity contribution in [3.8, 4) is 0 Å². The first kappa shape index (κ1) is 13.5. The van der Waals surface area contributed by atoms with Crippen molar-refractivity contribution in [3.05, 3.63) is 42.2 Å². The molecule has 2 unspecified atom stereocenters. The summed E-state index contributed by atoms with van der Waals surface area (Å²) in [5.74, 6) is 0. The van der Waals surface area contributed by atoms with Gasteiger partial charge in [0.15, 0.2) is 0 Å². The molecule has 0 aliphatic carbocycles. The summed E-state index contributed by atoms with van der Waals surface area (Å²) in [6, 6.07) is 8.58. The molecule has 2 aromatic rings. The predicted octanol–water partition coefficient (Wildman–Crippen LogP) is 1.96. The molecule has 1 fully saturated rings. The van der Waals surface area contributed by atoms with Gasteiger partial charge in [0.1, 0.15) is 0 Å². The number of ether oxygens (including phenoxy) is 1. The van der Waals surface area contributed by atoms with Crippen LogP contribution in [0.4, 0.5) is 0 Å². The van der Waals surface area contributed by atoms with Gasteiger partial charge < -0.3 is 10.5 Å². The van der Waals surface area contributed by atoms with Crippen molar-refractivity contribution in [3.63, 3.8) is 0 Å². The van der Waals surface area contributed by atoms with E-state index >= 15 is 0 Å². The highest BCUT2D eigenvalue weighted by Gasteiger charge is 2.29. The van der Waals surface area contributed by atoms with Gasteiger partial charge in [-0.2, -0.15) is 0 Å². The van der Waals surface area contributed by atoms with Crippen LogP contribution in [-0.4, -0.2) is 42.7 Å². The van der Waals surface area contributed by atoms with E-state index in [1.807, 2.05) is 18.5 Å². The zero-order valence-electron chi connectivity index (χ0n) is 11.8. The van der Waals surface area contributed by atoms with E-state index in [0.717, 1.165) is 19.5 Å². The van der Waals surface area contributed by atoms with Crippen molar-refractivity contribution in [1.29, 1.82) is 0 Å². The van der Waals surface area contributed by atoms with Gasteiger partial charge >= 0.3 is 0 Å². The van der Waals surface area contributed by atoms with Crippen LogP contribution < -0.4 is 5.73 Å². The monoisotopic (exact) mass is 271 g/mol. The zero-order chi connectivity index (χ0) is 13.9. The molecule has 2 heterocycles. The normalized spacial score (nSPS) is 21.4. The second kappa shape index (κ2) is 5.87. The molecule has 20 heavy (non-hydrogen) atoms. The minimum absolute atomic E-state index is 0.216. The topological polar surface area (TPSA) is 51.4 Å². The van der Waals surface area contributed by atoms with Gasteiger partial charge in [-0.1, -0.05) is 24.3 Å². The van der Waals surface area contributed by atoms with Crippen molar-refractivity contribution in [1.82, 2.24) is 9.88 Å². The molecule has 1 aliphatic rings. The van der Waals surface area contributed by atoms with Crippen LogP contribution in [0.2, 0.25) is 0 Å². The Balaban J connectivity index is 1.95. The third-order valence-electron chi connectivity index (χ3n) is 4.23. The van der Waals surface area contributed by atoms with Gasteiger partial charge in [0, 0.05) is 50.6 Å². The summed E-state index contributed by atoms with van der Waals surface area (Å²) in [7, 11) is 1.78. The van der Waals surface area contributed by atoms with E-state index in [2.05, 4.69) is 28.1 Å². The molecule has 0 bridgehead atoms. The molecular formula is C16H21N3O. The summed E-state index contributed by atoms with van der Waals surface area (Å²) in [6.45, 7) is 2.58. The van der Waals surface area contributed by atoms with Gasteiger partial charge in [-0.05, 0) is 17.4 Å². The van der Waals surface area contributed by atoms with E-state index in [0.29, 0.717) is 12.6 Å². The standard InChI is InChI=1S/C16H21N3O/c1-20-13-6-7-19(11-13)16(8-17)15-10-18-9-12-4-2-3-5-14(12)15/h2-5,9-10,13,16H,6-8,11,17H2,1H3. The quantitative estimate of drug-likeness (QED) is 0.923. The average molecular weight is 271 g/mol. The van der Waals surface area contributed by atoms with E-state index in [1.54, 1.807) is 7.11 Å². The molecule has 1 saturated heterocycles. The van der Waals surface area contributed by atoms with Crippen molar-refractivity contribution in [2.24, 2.45) is 5.73 Å². The molecule has 0 amide bonds. The Labute approximate surface area is 119 Å². The number of hydrogen-bond donors (Lipinski definition) is 1. The lowest BCUT2D eigenvalue weighted by Crippen LogP contribution is -2.33. The number of fused-ring (bicyclic) bond motifs is 1. The third-order valence-corrected chi connectivity index (χ3v) is 4.23. The van der Waals surface area contributed by atoms with Crippen molar-refractivity contribution < 1.29 is 4.74 Å². The Morgan fingerprint density at radius 3 is 3.00 bits per heavy atom. The lowest BCUT2D eigenvalue weighted by Gasteiger charge is -2.27. The molecule has 1 aliphatic heterocycles. The molecule has 2 N–H and O–H groups in total. The first-order valence-corrected chi connectivity index (χ1v) is 7.13. The lowest BCUT2D eigenvalue weighted by atomic mass is 10.0. The summed E-state index contributed by atoms with van der Waals surface area (Å²) < 4.78 is 5.46. The first-order valence-electron chi connectivity index (χ1n) is 7.13. The molecule has 0 spiro atoms. The molecule has 106 valence electrons. The summed E-state index contributed by atoms with van der Waals surface area (Å²) >= 11 is 0. The van der Waals surface area contributed by atoms with Gasteiger partial charge in [-0.25, -0.2) is 0 Å². The molecule has 4 nitrogen and oxygen atoms in total. The molecule has 0 saturated carbocycles. The second-order valence-electron chi connectivity index (χ2n) is 5.34. The minimum atomic E-state index is 0.216. The smallest absolute Gasteiger partial charge is 0.0710 e. The highest BCUT2D eigenvalue weighted by molar-refractivity contribution is 5.85. The van der Waals surface area contributed by atoms with Crippen LogP contribution in [0.25, 0.3) is 10.8 Å². The fraction of sp³-hybridized carbons (Fsp3) is 0.438. The van der Waals surface area contributed by atoms with Crippen LogP contribution in [-0.2, 0) is 4.74 Å². The van der Waals surface area contributed by atoms with E-state index in [-0.39, 0.29) is 6.04 Å². The highest BCUT2D eigenvalue weighted by Crippen LogP contribution is 2.29. The summed E-state index contributed by atoms with van der Waals surface area (Å²) in [5.41, 5.74) is 7.28. The van der Waals surface area contributed by atoms with Gasteiger partial charge in [0.25, 0.3) is 0 Å². The Morgan fingerprint density at radius 1 is 1.40 bits per heavy atom. The minimum Gasteiger partial charge on any atom is -0.380 e. The molecule has 2 atom stereocenters. The van der Waals surface area contributed by atoms with Crippen molar-refractivity contribution in [2.75, 3.05) is 26.7 Å². The number of hydrogen-bond acceptors (Lipinski definition) is 4. The second-order valence-corrected chi connectivity index (χ2v) is 5.34. The number of methoxy groups -OCH3 is 1. The first-order chi connectivity index (χ1) is 9.83. The molecule has 1 aromatic carbocycles. The average Bonchev–Trinajstić information content (AvgIpc) is 2.97. The Hall–Kier alpha value is -1.49. The van der Waals surface area contributed by atoms with Crippen LogP contribution in [0, 0.1) is 0 Å². The van der Waals surface area contributed by atoms with Gasteiger partial charge in [0.05, 0.1) is 6.10 Å². The Morgan fingerprint density at radius 2 is 2.25 bits per heavy atom. The maximum atomic E-state index is 6.05.